The zero-order chi connectivity index (χ0) is 11.4. The van der Waals surface area contributed by atoms with E-state index in [9.17, 15) is 4.57 Å². The molecule has 0 amide bonds. The molecule has 86 valence electrons. The summed E-state index contributed by atoms with van der Waals surface area (Å²) in [6, 6.07) is 0. The smallest absolute Gasteiger partial charge is 0.379 e. The Labute approximate surface area is 88.2 Å². The summed E-state index contributed by atoms with van der Waals surface area (Å²) in [6.07, 6.45) is 2.33. The topological polar surface area (TPSA) is 65.0 Å². The predicted molar refractivity (Wildman–Crippen MR) is 57.8 cm³/mol. The van der Waals surface area contributed by atoms with Crippen molar-refractivity contribution >= 4 is 17.6 Å². The molecule has 0 radical (unpaired) electrons. The molecule has 0 saturated heterocycles. The molecule has 14 heavy (non-hydrogen) atoms. The highest BCUT2D eigenvalue weighted by molar-refractivity contribution is 7.37. The molecule has 0 rings (SSSR count). The van der Waals surface area contributed by atoms with Gasteiger partial charge in [-0.15, -0.1) is 0 Å². The van der Waals surface area contributed by atoms with Crippen LogP contribution in [-0.2, 0) is 17.8 Å². The maximum absolute atomic E-state index is 9.91. The molecular weight excluding hydrogens is 223 g/mol. The molecule has 0 bridgehead atoms. The fourth-order valence-electron chi connectivity index (χ4n) is 0.582. The third-order valence-electron chi connectivity index (χ3n) is 1.28. The van der Waals surface area contributed by atoms with Crippen LogP contribution in [0.15, 0.2) is 0 Å². The molecule has 1 atom stereocenters. The lowest BCUT2D eigenvalue weighted by atomic mass is 10.4. The first-order valence-corrected chi connectivity index (χ1v) is 7.15. The Balaban J connectivity index is 0. The molecule has 0 aromatic rings. The van der Waals surface area contributed by atoms with Crippen LogP contribution < -0.4 is 0 Å². The highest BCUT2D eigenvalue weighted by atomic mass is 31.1. The second-order valence-electron chi connectivity index (χ2n) is 2.43. The van der Waals surface area contributed by atoms with Crippen molar-refractivity contribution < 1.29 is 22.7 Å². The van der Waals surface area contributed by atoms with Crippen molar-refractivity contribution in [1.29, 1.82) is 0 Å². The van der Waals surface area contributed by atoms with Crippen molar-refractivity contribution in [2.24, 2.45) is 0 Å². The molecule has 0 aliphatic carbocycles. The second kappa shape index (κ2) is 13.2. The Morgan fingerprint density at radius 3 is 1.71 bits per heavy atom. The molecule has 0 fully saturated rings. The largest absolute Gasteiger partial charge is 0.505 e. The van der Waals surface area contributed by atoms with Crippen LogP contribution >= 0.6 is 8.03 Å². The summed E-state index contributed by atoms with van der Waals surface area (Å²) in [5, 5.41) is 0. The van der Waals surface area contributed by atoms with E-state index in [2.05, 4.69) is 0 Å². The Hall–Kier alpha value is 0.157. The summed E-state index contributed by atoms with van der Waals surface area (Å²) < 4.78 is 24.1. The van der Waals surface area contributed by atoms with Crippen LogP contribution in [0.1, 0.15) is 19.8 Å². The van der Waals surface area contributed by atoms with Gasteiger partial charge in [0.1, 0.15) is 0 Å². The van der Waals surface area contributed by atoms with E-state index in [4.69, 9.17) is 18.2 Å². The van der Waals surface area contributed by atoms with Crippen LogP contribution in [-0.4, -0.2) is 41.9 Å². The van der Waals surface area contributed by atoms with Crippen molar-refractivity contribution in [2.45, 2.75) is 19.8 Å². The average Bonchev–Trinajstić information content (AvgIpc) is 2.18. The molecule has 5 nitrogen and oxygen atoms in total. The minimum absolute atomic E-state index is 0.464. The first-order valence-electron chi connectivity index (χ1n) is 4.34. The zero-order valence-corrected chi connectivity index (χ0v) is 11.3. The van der Waals surface area contributed by atoms with Crippen molar-refractivity contribution in [2.75, 3.05) is 27.5 Å². The third-order valence-corrected chi connectivity index (χ3v) is 3.13. The average molecular weight is 243 g/mol. The van der Waals surface area contributed by atoms with Crippen molar-refractivity contribution in [1.82, 2.24) is 0 Å². The lowest BCUT2D eigenvalue weighted by molar-refractivity contribution is 0.163. The van der Waals surface area contributed by atoms with Gasteiger partial charge in [0.15, 0.2) is 6.16 Å². The second-order valence-corrected chi connectivity index (χ2v) is 5.57. The maximum Gasteiger partial charge on any atom is 0.505 e. The van der Waals surface area contributed by atoms with Crippen LogP contribution in [0, 0.1) is 0 Å². The highest BCUT2D eigenvalue weighted by Gasteiger charge is 2.05. The van der Waals surface area contributed by atoms with E-state index in [1.54, 1.807) is 21.3 Å². The number of hydrogen-bond donors (Lipinski definition) is 1. The van der Waals surface area contributed by atoms with E-state index in [1.807, 2.05) is 6.92 Å². The van der Waals surface area contributed by atoms with Crippen LogP contribution in [0.25, 0.3) is 0 Å². The molecule has 0 heterocycles. The van der Waals surface area contributed by atoms with Crippen molar-refractivity contribution in [3.8, 4) is 0 Å². The normalized spacial score (nSPS) is 10.9. The lowest BCUT2D eigenvalue weighted by Crippen LogP contribution is -2.21. The first kappa shape index (κ1) is 16.6. The van der Waals surface area contributed by atoms with Crippen LogP contribution in [0.3, 0.4) is 0 Å². The van der Waals surface area contributed by atoms with Gasteiger partial charge >= 0.3 is 17.6 Å². The Bertz CT molecular complexity index is 126. The van der Waals surface area contributed by atoms with E-state index in [-0.39, 0.29) is 0 Å². The van der Waals surface area contributed by atoms with Crippen LogP contribution in [0.5, 0.6) is 0 Å². The standard InChI is InChI=1S/C4H9O2P.C3H10O3Si/c1-2-3-4-7(5)6;1-4-7(5-2)6-3/h2-4H2,1H3;7H,1-3H3/p+1. The fraction of sp³-hybridized carbons (Fsp3) is 1.00. The minimum Gasteiger partial charge on any atom is -0.379 e. The quantitative estimate of drug-likeness (QED) is 0.560. The summed E-state index contributed by atoms with van der Waals surface area (Å²) in [5.41, 5.74) is 0. The number of unbranched alkanes of at least 4 members (excludes halogenated alkanes) is 1. The van der Waals surface area contributed by atoms with E-state index in [0.29, 0.717) is 6.16 Å². The van der Waals surface area contributed by atoms with Gasteiger partial charge in [-0.25, -0.2) is 0 Å². The molecule has 0 aliphatic heterocycles. The summed E-state index contributed by atoms with van der Waals surface area (Å²) in [5.74, 6) is 0. The lowest BCUT2D eigenvalue weighted by Gasteiger charge is -2.05. The molecule has 1 N–H and O–H groups in total. The molecule has 0 aliphatic rings. The van der Waals surface area contributed by atoms with Gasteiger partial charge < -0.3 is 13.3 Å². The van der Waals surface area contributed by atoms with Gasteiger partial charge in [-0.1, -0.05) is 13.3 Å². The Kier molecular flexibility index (Phi) is 15.6. The number of hydrogen-bond acceptors (Lipinski definition) is 4. The van der Waals surface area contributed by atoms with Gasteiger partial charge in [-0.3, -0.25) is 0 Å². The Morgan fingerprint density at radius 2 is 1.64 bits per heavy atom. The first-order chi connectivity index (χ1) is 6.62. The molecule has 0 saturated carbocycles. The molecule has 0 spiro atoms. The number of rotatable bonds is 6. The molecule has 0 aromatic heterocycles. The van der Waals surface area contributed by atoms with Crippen molar-refractivity contribution in [3.05, 3.63) is 0 Å². The van der Waals surface area contributed by atoms with Gasteiger partial charge in [0, 0.05) is 21.3 Å². The summed E-state index contributed by atoms with van der Waals surface area (Å²) in [4.78, 5) is 8.19. The van der Waals surface area contributed by atoms with Crippen molar-refractivity contribution in [3.63, 3.8) is 0 Å². The zero-order valence-electron chi connectivity index (χ0n) is 9.23. The molecule has 7 heteroatoms. The highest BCUT2D eigenvalue weighted by Crippen LogP contribution is 2.13. The minimum atomic E-state index is -1.86. The van der Waals surface area contributed by atoms with Gasteiger partial charge in [-0.05, 0) is 11.0 Å². The predicted octanol–water partition coefficient (Wildman–Crippen LogP) is 1.16. The van der Waals surface area contributed by atoms with E-state index >= 15 is 0 Å². The summed E-state index contributed by atoms with van der Waals surface area (Å²) in [7, 11) is 1.19. The Morgan fingerprint density at radius 1 is 1.21 bits per heavy atom. The van der Waals surface area contributed by atoms with E-state index in [0.717, 1.165) is 12.8 Å². The van der Waals surface area contributed by atoms with Gasteiger partial charge in [0.05, 0.1) is 0 Å². The van der Waals surface area contributed by atoms with Crippen LogP contribution in [0.4, 0.5) is 0 Å². The molecule has 0 aromatic carbocycles. The van der Waals surface area contributed by atoms with Gasteiger partial charge in [0.2, 0.25) is 0 Å². The SMILES string of the molecule is CCCC[P+](=O)O.CO[SiH](OC)OC. The monoisotopic (exact) mass is 243 g/mol. The maximum atomic E-state index is 9.91. The summed E-state index contributed by atoms with van der Waals surface area (Å²) >= 11 is 0. The van der Waals surface area contributed by atoms with E-state index in [1.165, 1.54) is 0 Å². The fourth-order valence-corrected chi connectivity index (χ4v) is 1.75. The summed E-state index contributed by atoms with van der Waals surface area (Å²) in [6.45, 7) is 2.00. The van der Waals surface area contributed by atoms with Crippen LogP contribution in [0.2, 0.25) is 0 Å². The van der Waals surface area contributed by atoms with E-state index < -0.39 is 17.6 Å². The van der Waals surface area contributed by atoms with Gasteiger partial charge in [0.25, 0.3) is 0 Å². The molecule has 1 unspecified atom stereocenters. The third kappa shape index (κ3) is 14.7. The van der Waals surface area contributed by atoms with Gasteiger partial charge in [-0.2, -0.15) is 4.89 Å². The molecular formula is C7H20O5PSi+.